The summed E-state index contributed by atoms with van der Waals surface area (Å²) in [5.41, 5.74) is 3.08. The highest BCUT2D eigenvalue weighted by atomic mass is 16.5. The van der Waals surface area contributed by atoms with Gasteiger partial charge in [-0.25, -0.2) is 0 Å². The molecule has 1 amide bonds. The normalized spacial score (nSPS) is 17.3. The Kier molecular flexibility index (Phi) is 6.65. The van der Waals surface area contributed by atoms with Gasteiger partial charge in [0.15, 0.2) is 0 Å². The Labute approximate surface area is 205 Å². The number of rotatable bonds is 6. The third-order valence-electron chi connectivity index (χ3n) is 6.15. The van der Waals surface area contributed by atoms with E-state index in [9.17, 15) is 19.8 Å². The van der Waals surface area contributed by atoms with E-state index in [0.717, 1.165) is 11.1 Å². The van der Waals surface area contributed by atoms with Gasteiger partial charge in [-0.15, -0.1) is 0 Å². The highest BCUT2D eigenvalue weighted by Gasteiger charge is 2.47. The van der Waals surface area contributed by atoms with Crippen molar-refractivity contribution in [3.63, 3.8) is 0 Å². The molecule has 1 aliphatic heterocycles. The molecule has 4 rings (SSSR count). The monoisotopic (exact) mass is 471 g/mol. The van der Waals surface area contributed by atoms with Crippen LogP contribution in [0.2, 0.25) is 0 Å². The lowest BCUT2D eigenvalue weighted by Gasteiger charge is -2.26. The smallest absolute Gasteiger partial charge is 0.300 e. The number of nitrogens with zero attached hydrogens (tertiary/aromatic N) is 1. The van der Waals surface area contributed by atoms with Crippen molar-refractivity contribution >= 4 is 23.1 Å². The Bertz CT molecular complexity index is 1320. The minimum atomic E-state index is -0.905. The van der Waals surface area contributed by atoms with Crippen molar-refractivity contribution in [2.24, 2.45) is 0 Å². The number of anilines is 1. The first-order valence-electron chi connectivity index (χ1n) is 11.7. The van der Waals surface area contributed by atoms with E-state index in [1.807, 2.05) is 52.0 Å². The number of hydrogen-bond donors (Lipinski definition) is 2. The molecule has 0 aromatic heterocycles. The van der Waals surface area contributed by atoms with E-state index in [1.165, 1.54) is 11.0 Å². The van der Waals surface area contributed by atoms with E-state index >= 15 is 0 Å². The number of carbonyl (C=O) groups excluding carboxylic acids is 2. The fourth-order valence-electron chi connectivity index (χ4n) is 4.49. The van der Waals surface area contributed by atoms with Gasteiger partial charge in [0.1, 0.15) is 17.3 Å². The Hall–Kier alpha value is -4.06. The van der Waals surface area contributed by atoms with Crippen LogP contribution in [0.3, 0.4) is 0 Å². The van der Waals surface area contributed by atoms with Crippen LogP contribution in [0.1, 0.15) is 55.0 Å². The van der Waals surface area contributed by atoms with Gasteiger partial charge in [-0.3, -0.25) is 14.5 Å². The first-order chi connectivity index (χ1) is 16.7. The van der Waals surface area contributed by atoms with Gasteiger partial charge in [-0.05, 0) is 61.2 Å². The summed E-state index contributed by atoms with van der Waals surface area (Å²) in [7, 11) is 0. The van der Waals surface area contributed by atoms with Crippen molar-refractivity contribution in [1.82, 2.24) is 0 Å². The number of benzene rings is 3. The molecule has 0 spiro atoms. The summed E-state index contributed by atoms with van der Waals surface area (Å²) in [6.45, 7) is 8.36. The molecule has 6 nitrogen and oxygen atoms in total. The molecule has 1 saturated heterocycles. The lowest BCUT2D eigenvalue weighted by Crippen LogP contribution is -2.29. The standard InChI is InChI=1S/C29H29NO5/c1-5-35-24-14-13-20(16-21(24)17(2)3)27(32)25-26(19-10-8-9-18(4)15-19)30(29(34)28(25)33)22-11-6-7-12-23(22)31/h6-17,26,31-32H,5H2,1-4H3/b27-25-. The maximum absolute atomic E-state index is 13.4. The minimum absolute atomic E-state index is 0.0253. The summed E-state index contributed by atoms with van der Waals surface area (Å²) in [5.74, 6) is -1.19. The second kappa shape index (κ2) is 9.66. The van der Waals surface area contributed by atoms with Gasteiger partial charge in [0.25, 0.3) is 11.7 Å². The summed E-state index contributed by atoms with van der Waals surface area (Å²) >= 11 is 0. The number of aryl methyl sites for hydroxylation is 1. The third kappa shape index (κ3) is 4.39. The number of phenolic OH excluding ortho intramolecular Hbond substituents is 1. The molecule has 180 valence electrons. The average Bonchev–Trinajstić information content (AvgIpc) is 3.09. The van der Waals surface area contributed by atoms with Gasteiger partial charge in [-0.2, -0.15) is 0 Å². The van der Waals surface area contributed by atoms with Gasteiger partial charge in [-0.1, -0.05) is 55.8 Å². The van der Waals surface area contributed by atoms with E-state index in [0.29, 0.717) is 23.5 Å². The number of para-hydroxylation sites is 2. The average molecular weight is 472 g/mol. The van der Waals surface area contributed by atoms with E-state index in [4.69, 9.17) is 4.74 Å². The summed E-state index contributed by atoms with van der Waals surface area (Å²) in [5, 5.41) is 22.0. The molecule has 1 heterocycles. The predicted octanol–water partition coefficient (Wildman–Crippen LogP) is 5.85. The van der Waals surface area contributed by atoms with Crippen LogP contribution in [0, 0.1) is 6.92 Å². The Balaban J connectivity index is 1.95. The van der Waals surface area contributed by atoms with Crippen LogP contribution in [0.4, 0.5) is 5.69 Å². The first kappa shape index (κ1) is 24.1. The van der Waals surface area contributed by atoms with Crippen LogP contribution < -0.4 is 9.64 Å². The van der Waals surface area contributed by atoms with Crippen LogP contribution in [0.15, 0.2) is 72.3 Å². The fraction of sp³-hybridized carbons (Fsp3) is 0.241. The number of aliphatic hydroxyl groups excluding tert-OH is 1. The Morgan fingerprint density at radius 2 is 1.77 bits per heavy atom. The predicted molar refractivity (Wildman–Crippen MR) is 136 cm³/mol. The van der Waals surface area contributed by atoms with Crippen molar-refractivity contribution < 1.29 is 24.5 Å². The molecule has 3 aromatic carbocycles. The number of Topliss-reactive ketones (excluding diaryl/α,β-unsaturated/α-hetero) is 1. The maximum Gasteiger partial charge on any atom is 0.300 e. The van der Waals surface area contributed by atoms with Gasteiger partial charge in [0.2, 0.25) is 0 Å². The Morgan fingerprint density at radius 3 is 2.43 bits per heavy atom. The number of amides is 1. The molecule has 6 heteroatoms. The third-order valence-corrected chi connectivity index (χ3v) is 6.15. The highest BCUT2D eigenvalue weighted by Crippen LogP contribution is 2.45. The first-order valence-corrected chi connectivity index (χ1v) is 11.7. The van der Waals surface area contributed by atoms with Crippen LogP contribution in [-0.4, -0.2) is 28.5 Å². The van der Waals surface area contributed by atoms with Crippen molar-refractivity contribution in [2.75, 3.05) is 11.5 Å². The van der Waals surface area contributed by atoms with Crippen molar-refractivity contribution in [3.05, 3.63) is 94.6 Å². The van der Waals surface area contributed by atoms with Gasteiger partial charge < -0.3 is 14.9 Å². The molecule has 0 aliphatic carbocycles. The van der Waals surface area contributed by atoms with Crippen LogP contribution in [0.25, 0.3) is 5.76 Å². The molecule has 0 radical (unpaired) electrons. The topological polar surface area (TPSA) is 87.1 Å². The number of hydrogen-bond acceptors (Lipinski definition) is 5. The molecule has 1 fully saturated rings. The zero-order chi connectivity index (χ0) is 25.3. The molecule has 2 N–H and O–H groups in total. The summed E-state index contributed by atoms with van der Waals surface area (Å²) in [4.78, 5) is 27.9. The number of phenols is 1. The fourth-order valence-corrected chi connectivity index (χ4v) is 4.49. The second-order valence-electron chi connectivity index (χ2n) is 8.91. The lowest BCUT2D eigenvalue weighted by atomic mass is 9.92. The maximum atomic E-state index is 13.4. The number of aromatic hydroxyl groups is 1. The van der Waals surface area contributed by atoms with Crippen LogP contribution >= 0.6 is 0 Å². The summed E-state index contributed by atoms with van der Waals surface area (Å²) < 4.78 is 5.73. The molecule has 0 bridgehead atoms. The summed E-state index contributed by atoms with van der Waals surface area (Å²) in [6, 6.07) is 18.1. The molecular weight excluding hydrogens is 442 g/mol. The van der Waals surface area contributed by atoms with Crippen LogP contribution in [0.5, 0.6) is 11.5 Å². The molecule has 1 atom stereocenters. The second-order valence-corrected chi connectivity index (χ2v) is 8.91. The Morgan fingerprint density at radius 1 is 1.03 bits per heavy atom. The number of ketones is 1. The van der Waals surface area contributed by atoms with Crippen molar-refractivity contribution in [3.8, 4) is 11.5 Å². The van der Waals surface area contributed by atoms with Crippen molar-refractivity contribution in [2.45, 2.75) is 39.7 Å². The molecular formula is C29H29NO5. The van der Waals surface area contributed by atoms with E-state index < -0.39 is 17.7 Å². The largest absolute Gasteiger partial charge is 0.507 e. The number of ether oxygens (including phenoxy) is 1. The van der Waals surface area contributed by atoms with E-state index in [1.54, 1.807) is 36.4 Å². The van der Waals surface area contributed by atoms with Gasteiger partial charge in [0.05, 0.1) is 23.9 Å². The van der Waals surface area contributed by atoms with Crippen molar-refractivity contribution in [1.29, 1.82) is 0 Å². The minimum Gasteiger partial charge on any atom is -0.507 e. The molecule has 3 aromatic rings. The van der Waals surface area contributed by atoms with Gasteiger partial charge in [0, 0.05) is 5.56 Å². The highest BCUT2D eigenvalue weighted by molar-refractivity contribution is 6.51. The molecule has 1 aliphatic rings. The van der Waals surface area contributed by atoms with Gasteiger partial charge >= 0.3 is 0 Å². The van der Waals surface area contributed by atoms with E-state index in [2.05, 4.69) is 0 Å². The summed E-state index contributed by atoms with van der Waals surface area (Å²) in [6.07, 6.45) is 0. The molecule has 0 saturated carbocycles. The van der Waals surface area contributed by atoms with Crippen LogP contribution in [-0.2, 0) is 9.59 Å². The lowest BCUT2D eigenvalue weighted by molar-refractivity contribution is -0.132. The molecule has 35 heavy (non-hydrogen) atoms. The SMILES string of the molecule is CCOc1ccc(/C(O)=C2/C(=O)C(=O)N(c3ccccc3O)C2c2cccc(C)c2)cc1C(C)C. The zero-order valence-electron chi connectivity index (χ0n) is 20.3. The molecule has 1 unspecified atom stereocenters. The number of carbonyl (C=O) groups is 2. The van der Waals surface area contributed by atoms with E-state index in [-0.39, 0.29) is 28.7 Å². The number of aliphatic hydroxyl groups is 1. The quantitative estimate of drug-likeness (QED) is 0.268. The zero-order valence-corrected chi connectivity index (χ0v) is 20.3.